The van der Waals surface area contributed by atoms with Crippen LogP contribution in [0.4, 0.5) is 0 Å². The zero-order chi connectivity index (χ0) is 11.4. The quantitative estimate of drug-likeness (QED) is 0.568. The van der Waals surface area contributed by atoms with Gasteiger partial charge in [0.2, 0.25) is 0 Å². The molecule has 6 atom stereocenters. The van der Waals surface area contributed by atoms with Crippen LogP contribution in [0.25, 0.3) is 0 Å². The molecule has 0 spiro atoms. The first-order chi connectivity index (χ1) is 6.74. The average molecular weight is 258 g/mol. The monoisotopic (exact) mass is 258 g/mol. The molecule has 7 nitrogen and oxygen atoms in total. The van der Waals surface area contributed by atoms with E-state index in [0.29, 0.717) is 0 Å². The molecule has 0 bridgehead atoms. The Hall–Kier alpha value is 0.260. The second-order valence-electron chi connectivity index (χ2n) is 3.67. The van der Waals surface area contributed by atoms with Crippen molar-refractivity contribution < 1.29 is 32.7 Å². The van der Waals surface area contributed by atoms with Crippen molar-refractivity contribution in [2.75, 3.05) is 0 Å². The van der Waals surface area contributed by atoms with Gasteiger partial charge in [-0.3, -0.25) is 9.13 Å². The molecule has 2 aliphatic rings. The van der Waals surface area contributed by atoms with Crippen LogP contribution in [-0.4, -0.2) is 33.7 Å². The topological polar surface area (TPSA) is 109 Å². The van der Waals surface area contributed by atoms with Crippen LogP contribution in [0, 0.1) is 0 Å². The lowest BCUT2D eigenvalue weighted by molar-refractivity contribution is 0.296. The summed E-state index contributed by atoms with van der Waals surface area (Å²) in [5.41, 5.74) is 0. The van der Waals surface area contributed by atoms with Gasteiger partial charge in [0.15, 0.2) is 11.7 Å². The van der Waals surface area contributed by atoms with Gasteiger partial charge in [-0.1, -0.05) is 0 Å². The predicted octanol–water partition coefficient (Wildman–Crippen LogP) is 0.863. The van der Waals surface area contributed by atoms with Crippen LogP contribution in [0.15, 0.2) is 0 Å². The second kappa shape index (κ2) is 3.37. The lowest BCUT2D eigenvalue weighted by Crippen LogP contribution is -2.01. The van der Waals surface area contributed by atoms with E-state index in [9.17, 15) is 18.9 Å². The summed E-state index contributed by atoms with van der Waals surface area (Å²) in [6.45, 7) is 3.16. The Morgan fingerprint density at radius 2 is 1.27 bits per heavy atom. The number of ether oxygens (including phenoxy) is 2. The van der Waals surface area contributed by atoms with E-state index in [1.807, 2.05) is 0 Å². The molecule has 88 valence electrons. The Balaban J connectivity index is 2.02. The summed E-state index contributed by atoms with van der Waals surface area (Å²) in [7, 11) is -8.37. The van der Waals surface area contributed by atoms with E-state index < -0.39 is 39.1 Å². The molecule has 0 aromatic carbocycles. The van der Waals surface area contributed by atoms with Crippen LogP contribution in [0.1, 0.15) is 13.8 Å². The average Bonchev–Trinajstić information content (AvgIpc) is 2.86. The van der Waals surface area contributed by atoms with Crippen LogP contribution < -0.4 is 0 Å². The number of epoxide rings is 2. The van der Waals surface area contributed by atoms with Gasteiger partial charge in [0.25, 0.3) is 0 Å². The van der Waals surface area contributed by atoms with E-state index in [1.54, 1.807) is 13.8 Å². The third kappa shape index (κ3) is 2.34. The molecular formula is C6H12O7P2. The molecule has 9 heteroatoms. The molecule has 2 saturated heterocycles. The molecule has 2 N–H and O–H groups in total. The van der Waals surface area contributed by atoms with Crippen LogP contribution in [0.2, 0.25) is 0 Å². The van der Waals surface area contributed by atoms with Crippen molar-refractivity contribution in [2.45, 2.75) is 37.7 Å². The minimum atomic E-state index is -4.19. The van der Waals surface area contributed by atoms with Gasteiger partial charge < -0.3 is 19.3 Å². The highest BCUT2D eigenvalue weighted by molar-refractivity contribution is 7.67. The van der Waals surface area contributed by atoms with Gasteiger partial charge in [-0.2, -0.15) is 0 Å². The zero-order valence-electron chi connectivity index (χ0n) is 8.14. The van der Waals surface area contributed by atoms with E-state index in [-0.39, 0.29) is 0 Å². The summed E-state index contributed by atoms with van der Waals surface area (Å²) in [5, 5.41) is 0. The fourth-order valence-corrected chi connectivity index (χ4v) is 5.13. The number of hydrogen-bond acceptors (Lipinski definition) is 5. The van der Waals surface area contributed by atoms with Crippen LogP contribution >= 0.6 is 15.2 Å². The fourth-order valence-electron chi connectivity index (χ4n) is 1.29. The van der Waals surface area contributed by atoms with Crippen molar-refractivity contribution in [1.82, 2.24) is 0 Å². The summed E-state index contributed by atoms with van der Waals surface area (Å²) in [5.74, 6) is -1.99. The van der Waals surface area contributed by atoms with Gasteiger partial charge in [-0.05, 0) is 13.8 Å². The maximum absolute atomic E-state index is 11.5. The normalized spacial score (nSPS) is 46.7. The zero-order valence-corrected chi connectivity index (χ0v) is 9.93. The lowest BCUT2D eigenvalue weighted by atomic mass is 10.6. The molecule has 2 heterocycles. The van der Waals surface area contributed by atoms with Gasteiger partial charge in [-0.15, -0.1) is 0 Å². The molecule has 15 heavy (non-hydrogen) atoms. The Bertz CT molecular complexity index is 334. The van der Waals surface area contributed by atoms with Crippen molar-refractivity contribution >= 4 is 15.2 Å². The molecule has 0 amide bonds. The maximum atomic E-state index is 11.5. The predicted molar refractivity (Wildman–Crippen MR) is 49.4 cm³/mol. The van der Waals surface area contributed by atoms with E-state index in [1.165, 1.54) is 0 Å². The van der Waals surface area contributed by atoms with Crippen LogP contribution in [0.5, 0.6) is 0 Å². The first-order valence-corrected chi connectivity index (χ1v) is 7.70. The Labute approximate surface area is 86.4 Å². The molecule has 0 saturated carbocycles. The largest absolute Gasteiger partial charge is 0.366 e. The van der Waals surface area contributed by atoms with E-state index in [0.717, 1.165) is 0 Å². The molecule has 2 aliphatic heterocycles. The Morgan fingerprint density at radius 3 is 1.47 bits per heavy atom. The second-order valence-corrected chi connectivity index (χ2v) is 7.60. The highest BCUT2D eigenvalue weighted by Crippen LogP contribution is 2.70. The highest BCUT2D eigenvalue weighted by Gasteiger charge is 2.58. The first-order valence-electron chi connectivity index (χ1n) is 4.41. The molecule has 2 fully saturated rings. The van der Waals surface area contributed by atoms with E-state index in [4.69, 9.17) is 9.47 Å². The summed E-state index contributed by atoms with van der Waals surface area (Å²) in [4.78, 5) is 18.7. The lowest BCUT2D eigenvalue weighted by Gasteiger charge is -2.13. The highest BCUT2D eigenvalue weighted by atomic mass is 31.3. The van der Waals surface area contributed by atoms with Crippen LogP contribution in [-0.2, 0) is 22.9 Å². The maximum Gasteiger partial charge on any atom is 0.366 e. The molecule has 0 radical (unpaired) electrons. The number of hydrogen-bond donors (Lipinski definition) is 2. The van der Waals surface area contributed by atoms with Gasteiger partial charge in [0.1, 0.15) is 0 Å². The van der Waals surface area contributed by atoms with Gasteiger partial charge >= 0.3 is 15.2 Å². The molecule has 0 aromatic heterocycles. The minimum absolute atomic E-state index is 0.418. The molecule has 2 unspecified atom stereocenters. The van der Waals surface area contributed by atoms with Gasteiger partial charge in [0.05, 0.1) is 12.2 Å². The number of rotatable bonds is 4. The van der Waals surface area contributed by atoms with Crippen LogP contribution in [0.3, 0.4) is 0 Å². The smallest absolute Gasteiger partial charge is 0.356 e. The standard InChI is InChI=1S/C6H12O7P2/c1-3-5(11-3)14(7,8)13-15(9,10)6-4(2)12-6/h3-6H,1-2H3,(H,7,8)(H,9,10)/t3-,4-,5+,6+/m0/s1. The van der Waals surface area contributed by atoms with Crippen molar-refractivity contribution in [3.05, 3.63) is 0 Å². The Kier molecular flexibility index (Phi) is 2.64. The summed E-state index contributed by atoms with van der Waals surface area (Å²) < 4.78 is 36.8. The molecule has 0 aromatic rings. The minimum Gasteiger partial charge on any atom is -0.356 e. The van der Waals surface area contributed by atoms with Gasteiger partial charge in [-0.25, -0.2) is 4.31 Å². The van der Waals surface area contributed by atoms with Crippen molar-refractivity contribution in [3.8, 4) is 0 Å². The Morgan fingerprint density at radius 1 is 1.00 bits per heavy atom. The summed E-state index contributed by atoms with van der Waals surface area (Å²) >= 11 is 0. The van der Waals surface area contributed by atoms with E-state index >= 15 is 0 Å². The summed E-state index contributed by atoms with van der Waals surface area (Å²) in [6.07, 6.45) is -0.836. The van der Waals surface area contributed by atoms with Crippen molar-refractivity contribution in [1.29, 1.82) is 0 Å². The first kappa shape index (κ1) is 11.7. The third-order valence-electron chi connectivity index (χ3n) is 2.24. The van der Waals surface area contributed by atoms with Crippen molar-refractivity contribution in [2.24, 2.45) is 0 Å². The molecule has 0 aliphatic carbocycles. The summed E-state index contributed by atoms with van der Waals surface area (Å²) in [6, 6.07) is 0. The molecule has 2 rings (SSSR count). The fraction of sp³-hybridized carbons (Fsp3) is 1.00. The SMILES string of the molecule is C[C@@H]1O[C@@H]1P(=O)(O)OP(=O)(O)[C@H]1O[C@H]1C. The third-order valence-corrected chi connectivity index (χ3v) is 6.48. The van der Waals surface area contributed by atoms with E-state index in [2.05, 4.69) is 4.31 Å². The van der Waals surface area contributed by atoms with Crippen molar-refractivity contribution in [3.63, 3.8) is 0 Å². The van der Waals surface area contributed by atoms with Gasteiger partial charge in [0, 0.05) is 0 Å². The molecular weight excluding hydrogens is 246 g/mol.